The second-order valence-electron chi connectivity index (χ2n) is 3.52. The zero-order valence-electron chi connectivity index (χ0n) is 9.15. The number of hydrogen-bond donors (Lipinski definition) is 1. The molecule has 0 aliphatic rings. The monoisotopic (exact) mass is 249 g/mol. The molecule has 0 saturated heterocycles. The van der Waals surface area contributed by atoms with E-state index in [4.69, 9.17) is 5.73 Å². The lowest BCUT2D eigenvalue weighted by atomic mass is 10.1. The van der Waals surface area contributed by atoms with E-state index in [1.165, 1.54) is 0 Å². The molecule has 1 rings (SSSR count). The van der Waals surface area contributed by atoms with Crippen molar-refractivity contribution in [1.29, 1.82) is 0 Å². The predicted molar refractivity (Wildman–Crippen MR) is 55.1 cm³/mol. The van der Waals surface area contributed by atoms with Crippen molar-refractivity contribution >= 4 is 0 Å². The molecular formula is C10H14F3N3O. The van der Waals surface area contributed by atoms with Crippen molar-refractivity contribution in [1.82, 2.24) is 9.97 Å². The van der Waals surface area contributed by atoms with Gasteiger partial charge in [0.2, 0.25) is 0 Å². The lowest BCUT2D eigenvalue weighted by Crippen LogP contribution is -2.18. The second-order valence-corrected chi connectivity index (χ2v) is 3.52. The van der Waals surface area contributed by atoms with Crippen LogP contribution in [0.25, 0.3) is 0 Å². The highest BCUT2D eigenvalue weighted by Gasteiger charge is 2.27. The molecule has 96 valence electrons. The van der Waals surface area contributed by atoms with Crippen molar-refractivity contribution in [2.45, 2.75) is 25.1 Å². The summed E-state index contributed by atoms with van der Waals surface area (Å²) in [5.74, 6) is 0.489. The summed E-state index contributed by atoms with van der Waals surface area (Å²) < 4.78 is 39.7. The van der Waals surface area contributed by atoms with Gasteiger partial charge in [0.15, 0.2) is 0 Å². The zero-order valence-corrected chi connectivity index (χ0v) is 9.15. The third kappa shape index (κ3) is 6.18. The summed E-state index contributed by atoms with van der Waals surface area (Å²) in [6.45, 7) is -1.19. The normalized spacial score (nSPS) is 13.6. The highest BCUT2D eigenvalue weighted by molar-refractivity contribution is 4.94. The van der Waals surface area contributed by atoms with Gasteiger partial charge in [0.1, 0.15) is 12.4 Å². The summed E-state index contributed by atoms with van der Waals surface area (Å²) in [6, 6.07) is 1.30. The molecule has 0 amide bonds. The summed E-state index contributed by atoms with van der Waals surface area (Å²) in [4.78, 5) is 7.92. The van der Waals surface area contributed by atoms with Crippen LogP contribution in [-0.2, 0) is 4.74 Å². The van der Waals surface area contributed by atoms with Crippen LogP contribution >= 0.6 is 0 Å². The van der Waals surface area contributed by atoms with Gasteiger partial charge in [-0.3, -0.25) is 0 Å². The lowest BCUT2D eigenvalue weighted by molar-refractivity contribution is -0.174. The van der Waals surface area contributed by atoms with Crippen LogP contribution in [0, 0.1) is 0 Å². The molecule has 1 aromatic rings. The number of alkyl halides is 3. The van der Waals surface area contributed by atoms with Crippen LogP contribution in [0.3, 0.4) is 0 Å². The minimum Gasteiger partial charge on any atom is -0.372 e. The van der Waals surface area contributed by atoms with E-state index in [0.717, 1.165) is 0 Å². The predicted octanol–water partition coefficient (Wildman–Crippen LogP) is 1.84. The molecule has 0 aliphatic carbocycles. The first-order valence-electron chi connectivity index (χ1n) is 5.16. The molecule has 0 saturated carbocycles. The van der Waals surface area contributed by atoms with Crippen LogP contribution in [0.2, 0.25) is 0 Å². The first-order valence-corrected chi connectivity index (χ1v) is 5.16. The van der Waals surface area contributed by atoms with Crippen LogP contribution in [0.5, 0.6) is 0 Å². The average molecular weight is 249 g/mol. The third-order valence-electron chi connectivity index (χ3n) is 1.99. The maximum Gasteiger partial charge on any atom is 0.411 e. The zero-order chi connectivity index (χ0) is 12.7. The third-order valence-corrected chi connectivity index (χ3v) is 1.99. The van der Waals surface area contributed by atoms with Gasteiger partial charge in [-0.2, -0.15) is 13.2 Å². The number of ether oxygens (including phenoxy) is 1. The molecule has 0 aliphatic heterocycles. The van der Waals surface area contributed by atoms with E-state index in [-0.39, 0.29) is 12.6 Å². The number of nitrogens with two attached hydrogens (primary N) is 1. The molecule has 7 heteroatoms. The Balaban J connectivity index is 2.15. The molecule has 0 bridgehead atoms. The topological polar surface area (TPSA) is 61.0 Å². The van der Waals surface area contributed by atoms with Crippen molar-refractivity contribution in [2.75, 3.05) is 13.2 Å². The maximum absolute atomic E-state index is 11.7. The van der Waals surface area contributed by atoms with Crippen molar-refractivity contribution < 1.29 is 17.9 Å². The van der Waals surface area contributed by atoms with Gasteiger partial charge in [0, 0.05) is 19.0 Å². The fraction of sp³-hybridized carbons (Fsp3) is 0.600. The highest BCUT2D eigenvalue weighted by Crippen LogP contribution is 2.15. The van der Waals surface area contributed by atoms with E-state index >= 15 is 0 Å². The van der Waals surface area contributed by atoms with Gasteiger partial charge in [-0.25, -0.2) is 9.97 Å². The summed E-state index contributed by atoms with van der Waals surface area (Å²) in [5, 5.41) is 0. The van der Waals surface area contributed by atoms with E-state index in [1.807, 2.05) is 0 Å². The summed E-state index contributed by atoms with van der Waals surface area (Å²) in [7, 11) is 0. The molecule has 1 aromatic heterocycles. The second kappa shape index (κ2) is 6.51. The van der Waals surface area contributed by atoms with Crippen molar-refractivity contribution in [3.63, 3.8) is 0 Å². The molecule has 1 unspecified atom stereocenters. The van der Waals surface area contributed by atoms with E-state index in [2.05, 4.69) is 14.7 Å². The quantitative estimate of drug-likeness (QED) is 0.781. The molecule has 0 spiro atoms. The molecule has 1 atom stereocenters. The fourth-order valence-corrected chi connectivity index (χ4v) is 1.22. The van der Waals surface area contributed by atoms with Gasteiger partial charge in [0.25, 0.3) is 0 Å². The molecule has 4 nitrogen and oxygen atoms in total. The number of hydrogen-bond acceptors (Lipinski definition) is 4. The van der Waals surface area contributed by atoms with Crippen molar-refractivity contribution in [3.05, 3.63) is 24.3 Å². The molecule has 0 aromatic carbocycles. The van der Waals surface area contributed by atoms with Crippen molar-refractivity contribution in [3.8, 4) is 0 Å². The highest BCUT2D eigenvalue weighted by atomic mass is 19.4. The first-order chi connectivity index (χ1) is 7.99. The summed E-state index contributed by atoms with van der Waals surface area (Å²) >= 11 is 0. The number of rotatable bonds is 6. The molecular weight excluding hydrogens is 235 g/mol. The van der Waals surface area contributed by atoms with Crippen LogP contribution in [0.15, 0.2) is 18.5 Å². The van der Waals surface area contributed by atoms with Gasteiger partial charge in [-0.05, 0) is 18.9 Å². The van der Waals surface area contributed by atoms with Gasteiger partial charge in [-0.1, -0.05) is 0 Å². The average Bonchev–Trinajstić information content (AvgIpc) is 2.28. The first kappa shape index (κ1) is 13.9. The Kier molecular flexibility index (Phi) is 5.30. The molecule has 0 fully saturated rings. The van der Waals surface area contributed by atoms with Gasteiger partial charge in [0.05, 0.1) is 6.04 Å². The Morgan fingerprint density at radius 2 is 1.94 bits per heavy atom. The lowest BCUT2D eigenvalue weighted by Gasteiger charge is -2.10. The van der Waals surface area contributed by atoms with Crippen LogP contribution in [0.1, 0.15) is 24.7 Å². The fourth-order valence-electron chi connectivity index (χ4n) is 1.22. The molecule has 1 heterocycles. The Labute approximate surface area is 97.0 Å². The Bertz CT molecular complexity index is 318. The van der Waals surface area contributed by atoms with E-state index in [9.17, 15) is 13.2 Å². The molecule has 0 radical (unpaired) electrons. The standard InChI is InChI=1S/C10H14F3N3O/c11-10(12,13)7-17-6-1-3-8(14)9-15-4-2-5-16-9/h2,4-5,8H,1,3,6-7,14H2. The van der Waals surface area contributed by atoms with E-state index in [1.54, 1.807) is 18.5 Å². The van der Waals surface area contributed by atoms with Gasteiger partial charge in [-0.15, -0.1) is 0 Å². The SMILES string of the molecule is NC(CCCOCC(F)(F)F)c1ncccn1. The van der Waals surface area contributed by atoms with Gasteiger partial charge >= 0.3 is 6.18 Å². The number of halogens is 3. The maximum atomic E-state index is 11.7. The van der Waals surface area contributed by atoms with E-state index in [0.29, 0.717) is 18.7 Å². The molecule has 17 heavy (non-hydrogen) atoms. The van der Waals surface area contributed by atoms with E-state index < -0.39 is 12.8 Å². The summed E-state index contributed by atoms with van der Waals surface area (Å²) in [5.41, 5.74) is 5.76. The minimum atomic E-state index is -4.27. The number of nitrogens with zero attached hydrogens (tertiary/aromatic N) is 2. The Morgan fingerprint density at radius 3 is 2.53 bits per heavy atom. The molecule has 2 N–H and O–H groups in total. The van der Waals surface area contributed by atoms with Crippen LogP contribution in [-0.4, -0.2) is 29.4 Å². The van der Waals surface area contributed by atoms with Crippen molar-refractivity contribution in [2.24, 2.45) is 5.73 Å². The number of aromatic nitrogens is 2. The van der Waals surface area contributed by atoms with Gasteiger partial charge < -0.3 is 10.5 Å². The van der Waals surface area contributed by atoms with Crippen LogP contribution < -0.4 is 5.73 Å². The summed E-state index contributed by atoms with van der Waals surface area (Å²) in [6.07, 6.45) is -0.202. The van der Waals surface area contributed by atoms with Crippen LogP contribution in [0.4, 0.5) is 13.2 Å². The Hall–Kier alpha value is -1.21. The minimum absolute atomic E-state index is 0.0278. The largest absolute Gasteiger partial charge is 0.411 e. The Morgan fingerprint density at radius 1 is 1.29 bits per heavy atom. The smallest absolute Gasteiger partial charge is 0.372 e.